The highest BCUT2D eigenvalue weighted by Crippen LogP contribution is 2.28. The van der Waals surface area contributed by atoms with Crippen LogP contribution >= 0.6 is 13.5 Å². The number of rotatable bonds is 10. The first-order valence-electron chi connectivity index (χ1n) is 11.8. The lowest BCUT2D eigenvalue weighted by atomic mass is 10.1. The highest BCUT2D eigenvalue weighted by molar-refractivity contribution is 7.59. The molecule has 0 amide bonds. The smallest absolute Gasteiger partial charge is 0.0482 e. The third-order valence-electron chi connectivity index (χ3n) is 6.30. The molecule has 0 radical (unpaired) electrons. The molecule has 2 nitrogen and oxygen atoms in total. The van der Waals surface area contributed by atoms with Crippen LogP contribution in [-0.2, 0) is 19.6 Å². The lowest BCUT2D eigenvalue weighted by Crippen LogP contribution is -2.27. The van der Waals surface area contributed by atoms with E-state index >= 15 is 0 Å². The van der Waals surface area contributed by atoms with Crippen LogP contribution in [0.2, 0.25) is 0 Å². The molecule has 3 aromatic carbocycles. The van der Waals surface area contributed by atoms with Gasteiger partial charge < -0.3 is 4.57 Å². The highest BCUT2D eigenvalue weighted by atomic mass is 32.1. The Morgan fingerprint density at radius 2 is 1.33 bits per heavy atom. The fourth-order valence-corrected chi connectivity index (χ4v) is 4.39. The molecule has 1 atom stereocenters. The van der Waals surface area contributed by atoms with E-state index in [2.05, 4.69) is 126 Å². The van der Waals surface area contributed by atoms with Crippen molar-refractivity contribution in [1.82, 2.24) is 9.47 Å². The van der Waals surface area contributed by atoms with Crippen molar-refractivity contribution >= 4 is 13.5 Å². The van der Waals surface area contributed by atoms with E-state index in [1.807, 2.05) is 0 Å². The zero-order valence-corrected chi connectivity index (χ0v) is 20.8. The largest absolute Gasteiger partial charge is 0.343 e. The van der Waals surface area contributed by atoms with Gasteiger partial charge in [-0.1, -0.05) is 104 Å². The molecule has 4 rings (SSSR count). The predicted molar refractivity (Wildman–Crippen MR) is 146 cm³/mol. The van der Waals surface area contributed by atoms with Crippen LogP contribution in [0.15, 0.2) is 103 Å². The van der Waals surface area contributed by atoms with Crippen molar-refractivity contribution in [3.05, 3.63) is 120 Å². The molecule has 0 aliphatic carbocycles. The Morgan fingerprint density at radius 3 is 1.97 bits per heavy atom. The molecular weight excluding hydrogens is 420 g/mol. The molecule has 0 aliphatic rings. The molecule has 0 spiro atoms. The maximum atomic E-state index is 2.59. The van der Waals surface area contributed by atoms with Crippen LogP contribution in [0.5, 0.6) is 0 Å². The number of benzene rings is 3. The van der Waals surface area contributed by atoms with Gasteiger partial charge in [-0.2, -0.15) is 13.5 Å². The van der Waals surface area contributed by atoms with Crippen molar-refractivity contribution in [2.24, 2.45) is 0 Å². The van der Waals surface area contributed by atoms with Gasteiger partial charge in [-0.15, -0.1) is 0 Å². The summed E-state index contributed by atoms with van der Waals surface area (Å²) in [5.41, 5.74) is 6.71. The van der Waals surface area contributed by atoms with Gasteiger partial charge in [0.15, 0.2) is 0 Å². The average molecular weight is 457 g/mol. The molecule has 0 saturated carbocycles. The Bertz CT molecular complexity index is 1070. The number of aromatic nitrogens is 1. The van der Waals surface area contributed by atoms with E-state index in [1.165, 1.54) is 40.9 Å². The van der Waals surface area contributed by atoms with Crippen LogP contribution in [0.1, 0.15) is 49.6 Å². The molecule has 0 saturated heterocycles. The Morgan fingerprint density at radius 1 is 0.727 bits per heavy atom. The molecule has 1 heterocycles. The van der Waals surface area contributed by atoms with Crippen LogP contribution in [0.25, 0.3) is 11.3 Å². The standard InChI is InChI=1S/C30H34N2.H2S/c1-3-4-22-32-29(20-21-30(32)28-18-12-7-13-19-28)24-31(23-26-14-8-5-9-15-26)25(2)27-16-10-6-11-17-27;/h5-21,25H,3-4,22-24H2,1-2H3;1H2. The van der Waals surface area contributed by atoms with E-state index in [1.54, 1.807) is 0 Å². The minimum absolute atomic E-state index is 0. The molecule has 1 aromatic heterocycles. The number of unbranched alkanes of at least 4 members (excludes halogenated alkanes) is 1. The van der Waals surface area contributed by atoms with Crippen LogP contribution in [0.4, 0.5) is 0 Å². The Labute approximate surface area is 206 Å². The fraction of sp³-hybridized carbons (Fsp3) is 0.267. The van der Waals surface area contributed by atoms with Crippen molar-refractivity contribution < 1.29 is 0 Å². The molecular formula is C30H36N2S. The monoisotopic (exact) mass is 456 g/mol. The second-order valence-corrected chi connectivity index (χ2v) is 8.56. The summed E-state index contributed by atoms with van der Waals surface area (Å²) in [5.74, 6) is 0. The Hall–Kier alpha value is -2.75. The summed E-state index contributed by atoms with van der Waals surface area (Å²) in [5, 5.41) is 0. The SMILES string of the molecule is CCCCn1c(CN(Cc2ccccc2)C(C)c2ccccc2)ccc1-c1ccccc1.S. The van der Waals surface area contributed by atoms with Crippen LogP contribution in [-0.4, -0.2) is 9.47 Å². The van der Waals surface area contributed by atoms with E-state index in [4.69, 9.17) is 0 Å². The number of hydrogen-bond acceptors (Lipinski definition) is 1. The van der Waals surface area contributed by atoms with Crippen molar-refractivity contribution in [3.63, 3.8) is 0 Å². The molecule has 33 heavy (non-hydrogen) atoms. The second kappa shape index (κ2) is 12.5. The van der Waals surface area contributed by atoms with Crippen LogP contribution < -0.4 is 0 Å². The van der Waals surface area contributed by atoms with Gasteiger partial charge in [0.25, 0.3) is 0 Å². The molecule has 0 fully saturated rings. The summed E-state index contributed by atoms with van der Waals surface area (Å²) in [6.45, 7) is 7.50. The summed E-state index contributed by atoms with van der Waals surface area (Å²) in [4.78, 5) is 2.59. The lowest BCUT2D eigenvalue weighted by molar-refractivity contribution is 0.187. The summed E-state index contributed by atoms with van der Waals surface area (Å²) in [6, 6.07) is 37.4. The zero-order chi connectivity index (χ0) is 22.2. The quantitative estimate of drug-likeness (QED) is 0.236. The van der Waals surface area contributed by atoms with Gasteiger partial charge in [-0.25, -0.2) is 0 Å². The maximum absolute atomic E-state index is 2.59. The van der Waals surface area contributed by atoms with E-state index in [9.17, 15) is 0 Å². The first-order valence-corrected chi connectivity index (χ1v) is 11.8. The van der Waals surface area contributed by atoms with Crippen molar-refractivity contribution in [3.8, 4) is 11.3 Å². The maximum Gasteiger partial charge on any atom is 0.0482 e. The van der Waals surface area contributed by atoms with Gasteiger partial charge >= 0.3 is 0 Å². The van der Waals surface area contributed by atoms with E-state index in [-0.39, 0.29) is 13.5 Å². The second-order valence-electron chi connectivity index (χ2n) is 8.56. The topological polar surface area (TPSA) is 8.17 Å². The van der Waals surface area contributed by atoms with Gasteiger partial charge in [0, 0.05) is 37.1 Å². The van der Waals surface area contributed by atoms with E-state index in [0.29, 0.717) is 6.04 Å². The van der Waals surface area contributed by atoms with Gasteiger partial charge in [0.05, 0.1) is 0 Å². The van der Waals surface area contributed by atoms with Crippen LogP contribution in [0.3, 0.4) is 0 Å². The van der Waals surface area contributed by atoms with Crippen molar-refractivity contribution in [2.75, 3.05) is 0 Å². The average Bonchev–Trinajstić information content (AvgIpc) is 3.26. The molecule has 3 heteroatoms. The first-order chi connectivity index (χ1) is 15.8. The normalized spacial score (nSPS) is 11.8. The van der Waals surface area contributed by atoms with Gasteiger partial charge in [-0.05, 0) is 42.2 Å². The molecule has 0 N–H and O–H groups in total. The Balaban J connectivity index is 0.00000306. The zero-order valence-electron chi connectivity index (χ0n) is 19.8. The van der Waals surface area contributed by atoms with Gasteiger partial charge in [-0.3, -0.25) is 4.90 Å². The molecule has 0 bridgehead atoms. The third-order valence-corrected chi connectivity index (χ3v) is 6.30. The fourth-order valence-electron chi connectivity index (χ4n) is 4.39. The molecule has 1 unspecified atom stereocenters. The Kier molecular flexibility index (Phi) is 9.41. The third kappa shape index (κ3) is 6.40. The van der Waals surface area contributed by atoms with Crippen molar-refractivity contribution in [1.29, 1.82) is 0 Å². The molecule has 172 valence electrons. The summed E-state index contributed by atoms with van der Waals surface area (Å²) in [7, 11) is 0. The minimum Gasteiger partial charge on any atom is -0.343 e. The number of hydrogen-bond donors (Lipinski definition) is 0. The predicted octanol–water partition coefficient (Wildman–Crippen LogP) is 7.83. The van der Waals surface area contributed by atoms with Gasteiger partial charge in [0.1, 0.15) is 0 Å². The van der Waals surface area contributed by atoms with E-state index < -0.39 is 0 Å². The van der Waals surface area contributed by atoms with Gasteiger partial charge in [0.2, 0.25) is 0 Å². The van der Waals surface area contributed by atoms with Crippen LogP contribution in [0, 0.1) is 0 Å². The summed E-state index contributed by atoms with van der Waals surface area (Å²) < 4.78 is 2.54. The van der Waals surface area contributed by atoms with Crippen molar-refractivity contribution in [2.45, 2.75) is 52.4 Å². The first kappa shape index (κ1) is 24.9. The minimum atomic E-state index is 0. The lowest BCUT2D eigenvalue weighted by Gasteiger charge is -2.30. The molecule has 0 aliphatic heterocycles. The highest BCUT2D eigenvalue weighted by Gasteiger charge is 2.19. The number of nitrogens with zero attached hydrogens (tertiary/aromatic N) is 2. The van der Waals surface area contributed by atoms with E-state index in [0.717, 1.165) is 19.6 Å². The summed E-state index contributed by atoms with van der Waals surface area (Å²) in [6.07, 6.45) is 2.38. The summed E-state index contributed by atoms with van der Waals surface area (Å²) >= 11 is 0. The molecule has 4 aromatic rings.